The molecule has 0 radical (unpaired) electrons. The molecule has 106 valence electrons. The third-order valence-corrected chi connectivity index (χ3v) is 2.07. The highest BCUT2D eigenvalue weighted by atomic mass is 16.6. The normalized spacial score (nSPS) is 10.9. The Kier molecular flexibility index (Phi) is 5.63. The first-order chi connectivity index (χ1) is 8.90. The minimum Gasteiger partial charge on any atom is -0.494 e. The van der Waals surface area contributed by atoms with E-state index >= 15 is 0 Å². The molecule has 0 saturated carbocycles. The molecule has 2 N–H and O–H groups in total. The first kappa shape index (κ1) is 15.3. The molecule has 0 heterocycles. The SMILES string of the molecule is CC(C)(C)OC(=O)Nc1ccc(OCCCO)cc1. The fourth-order valence-electron chi connectivity index (χ4n) is 1.31. The van der Waals surface area contributed by atoms with Crippen molar-refractivity contribution >= 4 is 11.8 Å². The number of hydrogen-bond donors (Lipinski definition) is 2. The molecule has 5 nitrogen and oxygen atoms in total. The number of benzene rings is 1. The lowest BCUT2D eigenvalue weighted by atomic mass is 10.2. The van der Waals surface area contributed by atoms with Gasteiger partial charge in [0, 0.05) is 18.7 Å². The van der Waals surface area contributed by atoms with Crippen molar-refractivity contribution in [2.75, 3.05) is 18.5 Å². The molecule has 0 spiro atoms. The Morgan fingerprint density at radius 3 is 2.42 bits per heavy atom. The van der Waals surface area contributed by atoms with E-state index in [9.17, 15) is 4.79 Å². The van der Waals surface area contributed by atoms with Gasteiger partial charge < -0.3 is 14.6 Å². The van der Waals surface area contributed by atoms with Crippen molar-refractivity contribution in [1.29, 1.82) is 0 Å². The molecule has 0 aliphatic rings. The summed E-state index contributed by atoms with van der Waals surface area (Å²) in [7, 11) is 0. The van der Waals surface area contributed by atoms with E-state index in [-0.39, 0.29) is 6.61 Å². The van der Waals surface area contributed by atoms with Crippen molar-refractivity contribution in [3.05, 3.63) is 24.3 Å². The number of carbonyl (C=O) groups is 1. The number of nitrogens with one attached hydrogen (secondary N) is 1. The van der Waals surface area contributed by atoms with Gasteiger partial charge in [-0.2, -0.15) is 0 Å². The Bertz CT molecular complexity index is 395. The Hall–Kier alpha value is -1.75. The largest absolute Gasteiger partial charge is 0.494 e. The van der Waals surface area contributed by atoms with Crippen molar-refractivity contribution in [3.8, 4) is 5.75 Å². The van der Waals surface area contributed by atoms with Gasteiger partial charge in [-0.3, -0.25) is 5.32 Å². The minimum atomic E-state index is -0.516. The number of carbonyl (C=O) groups excluding carboxylic acids is 1. The van der Waals surface area contributed by atoms with Crippen molar-refractivity contribution in [3.63, 3.8) is 0 Å². The first-order valence-electron chi connectivity index (χ1n) is 6.24. The van der Waals surface area contributed by atoms with E-state index in [2.05, 4.69) is 5.32 Å². The topological polar surface area (TPSA) is 67.8 Å². The lowest BCUT2D eigenvalue weighted by molar-refractivity contribution is 0.0636. The van der Waals surface area contributed by atoms with Crippen molar-refractivity contribution in [2.45, 2.75) is 32.8 Å². The van der Waals surface area contributed by atoms with Crippen molar-refractivity contribution in [2.24, 2.45) is 0 Å². The second-order valence-corrected chi connectivity index (χ2v) is 5.08. The average molecular weight is 267 g/mol. The summed E-state index contributed by atoms with van der Waals surface area (Å²) in [6.45, 7) is 6.01. The van der Waals surface area contributed by atoms with Crippen molar-refractivity contribution in [1.82, 2.24) is 0 Å². The molecule has 1 aromatic carbocycles. The Labute approximate surface area is 113 Å². The van der Waals surface area contributed by atoms with Crippen LogP contribution in [-0.4, -0.2) is 30.0 Å². The maximum absolute atomic E-state index is 11.5. The predicted octanol–water partition coefficient (Wildman–Crippen LogP) is 2.79. The molecule has 0 saturated heterocycles. The molecule has 0 unspecified atom stereocenters. The molecule has 1 rings (SSSR count). The van der Waals surface area contributed by atoms with Crippen LogP contribution in [0, 0.1) is 0 Å². The molecule has 0 aliphatic heterocycles. The van der Waals surface area contributed by atoms with Gasteiger partial charge in [0.15, 0.2) is 0 Å². The molecule has 1 aromatic rings. The molecule has 5 heteroatoms. The van der Waals surface area contributed by atoms with E-state index in [1.165, 1.54) is 0 Å². The lowest BCUT2D eigenvalue weighted by Crippen LogP contribution is -2.27. The zero-order valence-electron chi connectivity index (χ0n) is 11.6. The van der Waals surface area contributed by atoms with Gasteiger partial charge in [-0.1, -0.05) is 0 Å². The van der Waals surface area contributed by atoms with E-state index in [1.54, 1.807) is 24.3 Å². The molecular weight excluding hydrogens is 246 g/mol. The van der Waals surface area contributed by atoms with Crippen molar-refractivity contribution < 1.29 is 19.4 Å². The second-order valence-electron chi connectivity index (χ2n) is 5.08. The Balaban J connectivity index is 2.45. The summed E-state index contributed by atoms with van der Waals surface area (Å²) >= 11 is 0. The van der Waals surface area contributed by atoms with E-state index in [0.29, 0.717) is 24.5 Å². The van der Waals surface area contributed by atoms with Crippen LogP contribution in [0.15, 0.2) is 24.3 Å². The second kappa shape index (κ2) is 6.99. The summed E-state index contributed by atoms with van der Waals surface area (Å²) < 4.78 is 10.5. The highest BCUT2D eigenvalue weighted by Crippen LogP contribution is 2.17. The zero-order chi connectivity index (χ0) is 14.3. The van der Waals surface area contributed by atoms with Gasteiger partial charge in [0.1, 0.15) is 11.4 Å². The number of rotatable bonds is 5. The van der Waals surface area contributed by atoms with Gasteiger partial charge in [-0.05, 0) is 45.0 Å². The maximum Gasteiger partial charge on any atom is 0.412 e. The molecule has 0 aliphatic carbocycles. The standard InChI is InChI=1S/C14H21NO4/c1-14(2,3)19-13(17)15-11-5-7-12(8-6-11)18-10-4-9-16/h5-8,16H,4,9-10H2,1-3H3,(H,15,17). The Morgan fingerprint density at radius 2 is 1.89 bits per heavy atom. The number of aliphatic hydroxyl groups is 1. The van der Waals surface area contributed by atoms with Crippen LogP contribution in [0.4, 0.5) is 10.5 Å². The highest BCUT2D eigenvalue weighted by molar-refractivity contribution is 5.84. The minimum absolute atomic E-state index is 0.109. The Morgan fingerprint density at radius 1 is 1.26 bits per heavy atom. The fourth-order valence-corrected chi connectivity index (χ4v) is 1.31. The third-order valence-electron chi connectivity index (χ3n) is 2.07. The fraction of sp³-hybridized carbons (Fsp3) is 0.500. The summed E-state index contributed by atoms with van der Waals surface area (Å²) in [6.07, 6.45) is 0.110. The number of aliphatic hydroxyl groups excluding tert-OH is 1. The molecule has 0 fully saturated rings. The van der Waals surface area contributed by atoms with Crippen LogP contribution >= 0.6 is 0 Å². The van der Waals surface area contributed by atoms with Crippen LogP contribution < -0.4 is 10.1 Å². The molecule has 0 atom stereocenters. The summed E-state index contributed by atoms with van der Waals surface area (Å²) in [5.74, 6) is 0.697. The highest BCUT2D eigenvalue weighted by Gasteiger charge is 2.15. The van der Waals surface area contributed by atoms with Crippen LogP contribution in [0.5, 0.6) is 5.75 Å². The number of amides is 1. The van der Waals surface area contributed by atoms with Gasteiger partial charge in [-0.15, -0.1) is 0 Å². The maximum atomic E-state index is 11.5. The number of hydrogen-bond acceptors (Lipinski definition) is 4. The van der Waals surface area contributed by atoms with Gasteiger partial charge in [0.05, 0.1) is 6.61 Å². The molecule has 1 amide bonds. The summed E-state index contributed by atoms with van der Waals surface area (Å²) in [6, 6.07) is 6.98. The van der Waals surface area contributed by atoms with E-state index in [0.717, 1.165) is 0 Å². The molecule has 0 aromatic heterocycles. The smallest absolute Gasteiger partial charge is 0.412 e. The average Bonchev–Trinajstić information content (AvgIpc) is 2.29. The van der Waals surface area contributed by atoms with Crippen LogP contribution in [-0.2, 0) is 4.74 Å². The van der Waals surface area contributed by atoms with Crippen LogP contribution in [0.1, 0.15) is 27.2 Å². The van der Waals surface area contributed by atoms with Crippen LogP contribution in [0.2, 0.25) is 0 Å². The predicted molar refractivity (Wildman–Crippen MR) is 73.5 cm³/mol. The summed E-state index contributed by atoms with van der Waals surface area (Å²) in [5, 5.41) is 11.3. The van der Waals surface area contributed by atoms with E-state index in [4.69, 9.17) is 14.6 Å². The van der Waals surface area contributed by atoms with Gasteiger partial charge in [0.25, 0.3) is 0 Å². The zero-order valence-corrected chi connectivity index (χ0v) is 11.6. The van der Waals surface area contributed by atoms with E-state index < -0.39 is 11.7 Å². The molecular formula is C14H21NO4. The van der Waals surface area contributed by atoms with Gasteiger partial charge in [0.2, 0.25) is 0 Å². The van der Waals surface area contributed by atoms with Crippen LogP contribution in [0.25, 0.3) is 0 Å². The first-order valence-corrected chi connectivity index (χ1v) is 6.24. The number of ether oxygens (including phenoxy) is 2. The lowest BCUT2D eigenvalue weighted by Gasteiger charge is -2.19. The van der Waals surface area contributed by atoms with E-state index in [1.807, 2.05) is 20.8 Å². The number of anilines is 1. The summed E-state index contributed by atoms with van der Waals surface area (Å²) in [4.78, 5) is 11.5. The quantitative estimate of drug-likeness (QED) is 0.805. The monoisotopic (exact) mass is 267 g/mol. The van der Waals surface area contributed by atoms with Crippen LogP contribution in [0.3, 0.4) is 0 Å². The third kappa shape index (κ3) is 6.67. The van der Waals surface area contributed by atoms with Gasteiger partial charge >= 0.3 is 6.09 Å². The molecule has 19 heavy (non-hydrogen) atoms. The van der Waals surface area contributed by atoms with Gasteiger partial charge in [-0.25, -0.2) is 4.79 Å². The summed E-state index contributed by atoms with van der Waals surface area (Å²) in [5.41, 5.74) is 0.126. The molecule has 0 bridgehead atoms.